The van der Waals surface area contributed by atoms with Gasteiger partial charge < -0.3 is 5.32 Å². The topological polar surface area (TPSA) is 75.5 Å². The fraction of sp³-hybridized carbons (Fsp3) is 0.250. The van der Waals surface area contributed by atoms with Gasteiger partial charge in [0.05, 0.1) is 4.92 Å². The van der Waals surface area contributed by atoms with E-state index in [9.17, 15) is 14.9 Å². The van der Waals surface area contributed by atoms with E-state index in [1.54, 1.807) is 18.2 Å². The van der Waals surface area contributed by atoms with Gasteiger partial charge in [0.15, 0.2) is 0 Å². The standard InChI is InChI=1S/C20H21N3O3/c24-20(11-8-16-4-3-5-19(14-16)23(25)26)21-18-9-6-17(7-10-18)15-22-12-1-2-13-22/h3-11,14H,1-2,12-13,15H2,(H,21,24). The van der Waals surface area contributed by atoms with Gasteiger partial charge in [-0.25, -0.2) is 0 Å². The molecule has 1 aliphatic heterocycles. The van der Waals surface area contributed by atoms with Gasteiger partial charge in [0.1, 0.15) is 0 Å². The summed E-state index contributed by atoms with van der Waals surface area (Å²) in [6.45, 7) is 3.25. The first-order valence-corrected chi connectivity index (χ1v) is 8.65. The SMILES string of the molecule is O=C(C=Cc1cccc([N+](=O)[O-])c1)Nc1ccc(CN2CCCC2)cc1. The van der Waals surface area contributed by atoms with Crippen LogP contribution in [-0.2, 0) is 11.3 Å². The number of carbonyl (C=O) groups excluding carboxylic acids is 1. The minimum absolute atomic E-state index is 0.00106. The van der Waals surface area contributed by atoms with Crippen molar-refractivity contribution in [3.63, 3.8) is 0 Å². The summed E-state index contributed by atoms with van der Waals surface area (Å²) >= 11 is 0. The van der Waals surface area contributed by atoms with E-state index in [0.717, 1.165) is 25.3 Å². The number of nitro groups is 1. The highest BCUT2D eigenvalue weighted by atomic mass is 16.6. The van der Waals surface area contributed by atoms with Crippen molar-refractivity contribution < 1.29 is 9.72 Å². The first-order valence-electron chi connectivity index (χ1n) is 8.65. The Labute approximate surface area is 152 Å². The van der Waals surface area contributed by atoms with Crippen molar-refractivity contribution in [3.05, 3.63) is 75.8 Å². The summed E-state index contributed by atoms with van der Waals surface area (Å²) in [5.74, 6) is -0.274. The lowest BCUT2D eigenvalue weighted by Crippen LogP contribution is -2.18. The molecule has 2 aromatic rings. The number of nitrogens with zero attached hydrogens (tertiary/aromatic N) is 2. The molecule has 1 amide bonds. The van der Waals surface area contributed by atoms with E-state index < -0.39 is 4.92 Å². The normalized spacial score (nSPS) is 14.6. The van der Waals surface area contributed by atoms with E-state index in [2.05, 4.69) is 10.2 Å². The van der Waals surface area contributed by atoms with Gasteiger partial charge >= 0.3 is 0 Å². The van der Waals surface area contributed by atoms with Crippen LogP contribution >= 0.6 is 0 Å². The van der Waals surface area contributed by atoms with Gasteiger partial charge in [-0.2, -0.15) is 0 Å². The maximum Gasteiger partial charge on any atom is 0.270 e. The molecule has 134 valence electrons. The Hall–Kier alpha value is -2.99. The van der Waals surface area contributed by atoms with Crippen molar-refractivity contribution in [1.82, 2.24) is 4.90 Å². The Morgan fingerprint density at radius 2 is 1.88 bits per heavy atom. The fourth-order valence-corrected chi connectivity index (χ4v) is 2.99. The molecule has 6 nitrogen and oxygen atoms in total. The van der Waals surface area contributed by atoms with Crippen molar-refractivity contribution in [1.29, 1.82) is 0 Å². The third-order valence-corrected chi connectivity index (χ3v) is 4.33. The van der Waals surface area contributed by atoms with Crippen molar-refractivity contribution >= 4 is 23.4 Å². The molecule has 0 radical (unpaired) electrons. The Morgan fingerprint density at radius 1 is 1.15 bits per heavy atom. The highest BCUT2D eigenvalue weighted by Crippen LogP contribution is 2.16. The number of hydrogen-bond acceptors (Lipinski definition) is 4. The van der Waals surface area contributed by atoms with Crippen LogP contribution in [0.3, 0.4) is 0 Å². The second-order valence-corrected chi connectivity index (χ2v) is 6.35. The Kier molecular flexibility index (Phi) is 5.76. The molecule has 0 aromatic heterocycles. The van der Waals surface area contributed by atoms with Crippen LogP contribution in [0.2, 0.25) is 0 Å². The number of benzene rings is 2. The molecule has 3 rings (SSSR count). The second kappa shape index (κ2) is 8.40. The molecular weight excluding hydrogens is 330 g/mol. The molecule has 0 aliphatic carbocycles. The first kappa shape index (κ1) is 17.8. The lowest BCUT2D eigenvalue weighted by atomic mass is 10.2. The molecular formula is C20H21N3O3. The van der Waals surface area contributed by atoms with E-state index in [4.69, 9.17) is 0 Å². The highest BCUT2D eigenvalue weighted by molar-refractivity contribution is 6.01. The maximum absolute atomic E-state index is 12.0. The first-order chi connectivity index (χ1) is 12.6. The molecule has 0 spiro atoms. The van der Waals surface area contributed by atoms with Crippen molar-refractivity contribution in [2.45, 2.75) is 19.4 Å². The van der Waals surface area contributed by atoms with E-state index in [0.29, 0.717) is 5.56 Å². The lowest BCUT2D eigenvalue weighted by molar-refractivity contribution is -0.384. The molecule has 0 bridgehead atoms. The zero-order valence-electron chi connectivity index (χ0n) is 14.4. The molecule has 1 aliphatic rings. The monoisotopic (exact) mass is 351 g/mol. The average Bonchev–Trinajstić information content (AvgIpc) is 3.15. The van der Waals surface area contributed by atoms with Gasteiger partial charge in [-0.3, -0.25) is 19.8 Å². The number of nitro benzene ring substituents is 1. The Bertz CT molecular complexity index is 809. The molecule has 1 fully saturated rings. The predicted molar refractivity (Wildman–Crippen MR) is 102 cm³/mol. The molecule has 1 saturated heterocycles. The minimum atomic E-state index is -0.457. The van der Waals surface area contributed by atoms with Crippen LogP contribution in [0.4, 0.5) is 11.4 Å². The van der Waals surface area contributed by atoms with E-state index in [-0.39, 0.29) is 11.6 Å². The molecule has 2 aromatic carbocycles. The number of non-ortho nitro benzene ring substituents is 1. The van der Waals surface area contributed by atoms with Gasteiger partial charge in [-0.1, -0.05) is 24.3 Å². The zero-order chi connectivity index (χ0) is 18.4. The van der Waals surface area contributed by atoms with E-state index in [1.807, 2.05) is 24.3 Å². The van der Waals surface area contributed by atoms with Crippen LogP contribution in [0.15, 0.2) is 54.6 Å². The largest absolute Gasteiger partial charge is 0.323 e. The molecule has 1 heterocycles. The second-order valence-electron chi connectivity index (χ2n) is 6.35. The summed E-state index contributed by atoms with van der Waals surface area (Å²) in [7, 11) is 0. The number of anilines is 1. The number of amides is 1. The lowest BCUT2D eigenvalue weighted by Gasteiger charge is -2.14. The maximum atomic E-state index is 12.0. The Morgan fingerprint density at radius 3 is 2.58 bits per heavy atom. The van der Waals surface area contributed by atoms with Crippen LogP contribution in [0, 0.1) is 10.1 Å². The van der Waals surface area contributed by atoms with Crippen LogP contribution in [0.25, 0.3) is 6.08 Å². The summed E-state index contributed by atoms with van der Waals surface area (Å²) in [5.41, 5.74) is 2.57. The number of nitrogens with one attached hydrogen (secondary N) is 1. The predicted octanol–water partition coefficient (Wildman–Crippen LogP) is 3.84. The number of hydrogen-bond donors (Lipinski definition) is 1. The quantitative estimate of drug-likeness (QED) is 0.487. The number of carbonyl (C=O) groups is 1. The summed E-state index contributed by atoms with van der Waals surface area (Å²) in [6, 6.07) is 14.0. The van der Waals surface area contributed by atoms with Gasteiger partial charge in [0.25, 0.3) is 5.69 Å². The third-order valence-electron chi connectivity index (χ3n) is 4.33. The summed E-state index contributed by atoms with van der Waals surface area (Å²) in [6.07, 6.45) is 5.47. The average molecular weight is 351 g/mol. The van der Waals surface area contributed by atoms with Crippen LogP contribution in [0.5, 0.6) is 0 Å². The van der Waals surface area contributed by atoms with Crippen molar-refractivity contribution in [3.8, 4) is 0 Å². The summed E-state index contributed by atoms with van der Waals surface area (Å²) in [4.78, 5) is 24.8. The van der Waals surface area contributed by atoms with E-state index >= 15 is 0 Å². The minimum Gasteiger partial charge on any atom is -0.323 e. The zero-order valence-corrected chi connectivity index (χ0v) is 14.4. The molecule has 1 N–H and O–H groups in total. The molecule has 0 unspecified atom stereocenters. The van der Waals surface area contributed by atoms with Crippen LogP contribution in [0.1, 0.15) is 24.0 Å². The molecule has 0 atom stereocenters. The van der Waals surface area contributed by atoms with Crippen molar-refractivity contribution in [2.75, 3.05) is 18.4 Å². The molecule has 6 heteroatoms. The third kappa shape index (κ3) is 5.00. The van der Waals surface area contributed by atoms with Gasteiger partial charge in [-0.15, -0.1) is 0 Å². The highest BCUT2D eigenvalue weighted by Gasteiger charge is 2.11. The van der Waals surface area contributed by atoms with Crippen molar-refractivity contribution in [2.24, 2.45) is 0 Å². The molecule has 0 saturated carbocycles. The number of rotatable bonds is 6. The smallest absolute Gasteiger partial charge is 0.270 e. The Balaban J connectivity index is 1.55. The number of likely N-dealkylation sites (tertiary alicyclic amines) is 1. The van der Waals surface area contributed by atoms with Gasteiger partial charge in [0.2, 0.25) is 5.91 Å². The van der Waals surface area contributed by atoms with E-state index in [1.165, 1.54) is 36.6 Å². The van der Waals surface area contributed by atoms with Gasteiger partial charge in [0, 0.05) is 30.4 Å². The fourth-order valence-electron chi connectivity index (χ4n) is 2.99. The van der Waals surface area contributed by atoms with Crippen LogP contribution in [-0.4, -0.2) is 28.8 Å². The molecule has 26 heavy (non-hydrogen) atoms. The van der Waals surface area contributed by atoms with Crippen LogP contribution < -0.4 is 5.32 Å². The van der Waals surface area contributed by atoms with Gasteiger partial charge in [-0.05, 0) is 55.3 Å². The summed E-state index contributed by atoms with van der Waals surface area (Å²) < 4.78 is 0. The summed E-state index contributed by atoms with van der Waals surface area (Å²) in [5, 5.41) is 13.6.